The smallest absolute Gasteiger partial charge is 0.133 e. The molecule has 17 heavy (non-hydrogen) atoms. The van der Waals surface area contributed by atoms with Gasteiger partial charge in [-0.2, -0.15) is 0 Å². The van der Waals surface area contributed by atoms with Gasteiger partial charge in [0.25, 0.3) is 0 Å². The van der Waals surface area contributed by atoms with E-state index >= 15 is 0 Å². The molecular weight excluding hydrogens is 228 g/mol. The highest BCUT2D eigenvalue weighted by Gasteiger charge is 2.06. The summed E-state index contributed by atoms with van der Waals surface area (Å²) in [6.45, 7) is 0. The van der Waals surface area contributed by atoms with Crippen LogP contribution in [0.4, 0.5) is 0 Å². The lowest BCUT2D eigenvalue weighted by molar-refractivity contribution is 0.822. The van der Waals surface area contributed by atoms with Crippen molar-refractivity contribution in [2.75, 3.05) is 0 Å². The lowest BCUT2D eigenvalue weighted by Gasteiger charge is -2.03. The van der Waals surface area contributed by atoms with Crippen molar-refractivity contribution in [1.82, 2.24) is 0 Å². The third-order valence-electron chi connectivity index (χ3n) is 2.75. The number of aryl methyl sites for hydroxylation is 2. The Kier molecular flexibility index (Phi) is 3.94. The van der Waals surface area contributed by atoms with E-state index in [-0.39, 0.29) is 5.84 Å². The minimum Gasteiger partial charge on any atom is -0.383 e. The molecule has 1 aromatic heterocycles. The van der Waals surface area contributed by atoms with Crippen molar-refractivity contribution in [2.45, 2.75) is 19.3 Å². The van der Waals surface area contributed by atoms with Gasteiger partial charge in [-0.25, -0.2) is 0 Å². The molecular formula is C14H16N2S. The lowest BCUT2D eigenvalue weighted by atomic mass is 10.0. The van der Waals surface area contributed by atoms with Crippen molar-refractivity contribution in [3.63, 3.8) is 0 Å². The summed E-state index contributed by atoms with van der Waals surface area (Å²) < 4.78 is 0. The van der Waals surface area contributed by atoms with Crippen LogP contribution in [0.15, 0.2) is 41.8 Å². The van der Waals surface area contributed by atoms with Gasteiger partial charge in [0.15, 0.2) is 0 Å². The Morgan fingerprint density at radius 3 is 2.59 bits per heavy atom. The van der Waals surface area contributed by atoms with Crippen LogP contribution in [0.2, 0.25) is 0 Å². The highest BCUT2D eigenvalue weighted by atomic mass is 32.1. The number of hydrogen-bond donors (Lipinski definition) is 2. The van der Waals surface area contributed by atoms with E-state index in [9.17, 15) is 0 Å². The van der Waals surface area contributed by atoms with E-state index in [0.717, 1.165) is 24.1 Å². The molecule has 2 rings (SSSR count). The van der Waals surface area contributed by atoms with Crippen molar-refractivity contribution in [2.24, 2.45) is 5.73 Å². The van der Waals surface area contributed by atoms with E-state index in [0.29, 0.717) is 0 Å². The molecule has 0 saturated heterocycles. The van der Waals surface area contributed by atoms with Crippen LogP contribution in [0.25, 0.3) is 0 Å². The Labute approximate surface area is 106 Å². The van der Waals surface area contributed by atoms with E-state index in [1.165, 1.54) is 11.1 Å². The summed E-state index contributed by atoms with van der Waals surface area (Å²) in [6, 6.07) is 12.6. The maximum Gasteiger partial charge on any atom is 0.133 e. The highest BCUT2D eigenvalue weighted by molar-refractivity contribution is 7.12. The van der Waals surface area contributed by atoms with Crippen molar-refractivity contribution >= 4 is 17.2 Å². The molecule has 0 amide bonds. The molecule has 3 N–H and O–H groups in total. The molecule has 3 heteroatoms. The van der Waals surface area contributed by atoms with Crippen LogP contribution in [-0.2, 0) is 12.8 Å². The van der Waals surface area contributed by atoms with Crippen molar-refractivity contribution < 1.29 is 0 Å². The second kappa shape index (κ2) is 5.64. The van der Waals surface area contributed by atoms with Gasteiger partial charge >= 0.3 is 0 Å². The first-order valence-electron chi connectivity index (χ1n) is 5.72. The average molecular weight is 244 g/mol. The number of rotatable bonds is 5. The monoisotopic (exact) mass is 244 g/mol. The Morgan fingerprint density at radius 2 is 1.88 bits per heavy atom. The Balaban J connectivity index is 1.90. The fourth-order valence-electron chi connectivity index (χ4n) is 1.90. The summed E-state index contributed by atoms with van der Waals surface area (Å²) in [6.07, 6.45) is 3.17. The molecule has 1 aromatic carbocycles. The molecule has 1 heterocycles. The van der Waals surface area contributed by atoms with Gasteiger partial charge in [-0.05, 0) is 41.8 Å². The number of nitrogens with one attached hydrogen (secondary N) is 1. The van der Waals surface area contributed by atoms with Crippen LogP contribution >= 0.6 is 11.3 Å². The predicted octanol–water partition coefficient (Wildman–Crippen LogP) is 3.21. The number of nitrogens with two attached hydrogens (primary N) is 1. The van der Waals surface area contributed by atoms with E-state index in [1.807, 2.05) is 11.4 Å². The molecule has 0 aliphatic carbocycles. The van der Waals surface area contributed by atoms with Gasteiger partial charge in [-0.15, -0.1) is 11.3 Å². The number of hydrogen-bond acceptors (Lipinski definition) is 2. The molecule has 0 radical (unpaired) electrons. The highest BCUT2D eigenvalue weighted by Crippen LogP contribution is 2.18. The molecule has 0 atom stereocenters. The number of amidine groups is 1. The first-order chi connectivity index (χ1) is 8.27. The van der Waals surface area contributed by atoms with Gasteiger partial charge in [-0.3, -0.25) is 5.41 Å². The van der Waals surface area contributed by atoms with E-state index in [4.69, 9.17) is 11.1 Å². The van der Waals surface area contributed by atoms with Crippen LogP contribution in [0.5, 0.6) is 0 Å². The summed E-state index contributed by atoms with van der Waals surface area (Å²) in [5.41, 5.74) is 8.11. The SMILES string of the molecule is N=C(N)c1sccc1CCCc1ccccc1. The zero-order valence-corrected chi connectivity index (χ0v) is 10.5. The number of thiophene rings is 1. The Bertz CT molecular complexity index is 488. The van der Waals surface area contributed by atoms with E-state index in [2.05, 4.69) is 30.3 Å². The van der Waals surface area contributed by atoms with Gasteiger partial charge in [0.1, 0.15) is 5.84 Å². The summed E-state index contributed by atoms with van der Waals surface area (Å²) in [5, 5.41) is 9.49. The molecule has 0 saturated carbocycles. The standard InChI is InChI=1S/C14H16N2S/c15-14(16)13-12(9-10-17-13)8-4-7-11-5-2-1-3-6-11/h1-3,5-6,9-10H,4,7-8H2,(H3,15,16). The second-order valence-corrected chi connectivity index (χ2v) is 4.94. The molecule has 2 nitrogen and oxygen atoms in total. The fraction of sp³-hybridized carbons (Fsp3) is 0.214. The molecule has 0 bridgehead atoms. The van der Waals surface area contributed by atoms with Gasteiger partial charge in [0.05, 0.1) is 4.88 Å². The zero-order chi connectivity index (χ0) is 12.1. The largest absolute Gasteiger partial charge is 0.383 e. The molecule has 0 unspecified atom stereocenters. The molecule has 88 valence electrons. The molecule has 0 aliphatic rings. The van der Waals surface area contributed by atoms with Gasteiger partial charge in [0, 0.05) is 0 Å². The minimum atomic E-state index is 0.190. The summed E-state index contributed by atoms with van der Waals surface area (Å²) in [4.78, 5) is 0.929. The first kappa shape index (κ1) is 11.9. The van der Waals surface area contributed by atoms with E-state index in [1.54, 1.807) is 11.3 Å². The second-order valence-electron chi connectivity index (χ2n) is 4.03. The maximum absolute atomic E-state index is 7.48. The number of nitrogen functional groups attached to an aromatic ring is 1. The molecule has 0 spiro atoms. The van der Waals surface area contributed by atoms with E-state index < -0.39 is 0 Å². The van der Waals surface area contributed by atoms with Crippen LogP contribution in [0.1, 0.15) is 22.4 Å². The van der Waals surface area contributed by atoms with Crippen molar-refractivity contribution in [3.8, 4) is 0 Å². The first-order valence-corrected chi connectivity index (χ1v) is 6.60. The van der Waals surface area contributed by atoms with Crippen molar-refractivity contribution in [1.29, 1.82) is 5.41 Å². The van der Waals surface area contributed by atoms with Crippen molar-refractivity contribution in [3.05, 3.63) is 57.8 Å². The Morgan fingerprint density at radius 1 is 1.12 bits per heavy atom. The fourth-order valence-corrected chi connectivity index (χ4v) is 2.71. The Hall–Kier alpha value is -1.61. The minimum absolute atomic E-state index is 0.190. The molecule has 0 fully saturated rings. The van der Waals surface area contributed by atoms with Gasteiger partial charge < -0.3 is 5.73 Å². The molecule has 0 aliphatic heterocycles. The summed E-state index contributed by atoms with van der Waals surface area (Å²) >= 11 is 1.55. The van der Waals surface area contributed by atoms with Gasteiger partial charge in [0.2, 0.25) is 0 Å². The van der Waals surface area contributed by atoms with Crippen LogP contribution < -0.4 is 5.73 Å². The van der Waals surface area contributed by atoms with Crippen LogP contribution in [0.3, 0.4) is 0 Å². The third-order valence-corrected chi connectivity index (χ3v) is 3.74. The third kappa shape index (κ3) is 3.17. The summed E-state index contributed by atoms with van der Waals surface area (Å²) in [5.74, 6) is 0.190. The van der Waals surface area contributed by atoms with Crippen LogP contribution in [0, 0.1) is 5.41 Å². The topological polar surface area (TPSA) is 49.9 Å². The van der Waals surface area contributed by atoms with Gasteiger partial charge in [-0.1, -0.05) is 30.3 Å². The average Bonchev–Trinajstić information content (AvgIpc) is 2.79. The quantitative estimate of drug-likeness (QED) is 0.616. The summed E-state index contributed by atoms with van der Waals surface area (Å²) in [7, 11) is 0. The normalized spacial score (nSPS) is 10.4. The number of benzene rings is 1. The zero-order valence-electron chi connectivity index (χ0n) is 9.65. The lowest BCUT2D eigenvalue weighted by Crippen LogP contribution is -2.11. The van der Waals surface area contributed by atoms with Crippen LogP contribution in [-0.4, -0.2) is 5.84 Å². The molecule has 2 aromatic rings. The maximum atomic E-state index is 7.48. The predicted molar refractivity (Wildman–Crippen MR) is 73.8 cm³/mol.